The van der Waals surface area contributed by atoms with Crippen molar-refractivity contribution < 1.29 is 14.5 Å². The lowest BCUT2D eigenvalue weighted by Gasteiger charge is -2.43. The summed E-state index contributed by atoms with van der Waals surface area (Å²) in [5.41, 5.74) is 1.20. The van der Waals surface area contributed by atoms with Crippen molar-refractivity contribution in [3.63, 3.8) is 0 Å². The van der Waals surface area contributed by atoms with Gasteiger partial charge in [0.2, 0.25) is 0 Å². The normalized spacial score (nSPS) is 23.9. The molecule has 1 aliphatic carbocycles. The molecule has 1 saturated carbocycles. The fourth-order valence-electron chi connectivity index (χ4n) is 3.91. The number of hydrogen-bond donors (Lipinski definition) is 1. The van der Waals surface area contributed by atoms with Gasteiger partial charge in [0.05, 0.1) is 34.8 Å². The van der Waals surface area contributed by atoms with Gasteiger partial charge in [0.1, 0.15) is 0 Å². The molecule has 0 bridgehead atoms. The molecule has 2 heterocycles. The quantitative estimate of drug-likeness (QED) is 0.678. The Morgan fingerprint density at radius 1 is 1.33 bits per heavy atom. The van der Waals surface area contributed by atoms with Crippen molar-refractivity contribution in [3.8, 4) is 0 Å². The van der Waals surface area contributed by atoms with E-state index in [0.29, 0.717) is 24.2 Å². The summed E-state index contributed by atoms with van der Waals surface area (Å²) in [6, 6.07) is 4.70. The number of H-pyrrole nitrogens is 1. The minimum absolute atomic E-state index is 0.0158. The van der Waals surface area contributed by atoms with E-state index in [1.807, 2.05) is 4.90 Å². The lowest BCUT2D eigenvalue weighted by molar-refractivity contribution is -0.384. The predicted molar refractivity (Wildman–Crippen MR) is 88.0 cm³/mol. The van der Waals surface area contributed by atoms with Gasteiger partial charge in [0.25, 0.3) is 11.6 Å². The third-order valence-corrected chi connectivity index (χ3v) is 5.10. The van der Waals surface area contributed by atoms with Gasteiger partial charge in [-0.2, -0.15) is 0 Å². The monoisotopic (exact) mass is 329 g/mol. The Kier molecular flexibility index (Phi) is 3.72. The molecule has 4 rings (SSSR count). The number of aromatic amines is 1. The summed E-state index contributed by atoms with van der Waals surface area (Å²) in [5, 5.41) is 11.6. The number of fused-ring (bicyclic) bond motifs is 2. The molecule has 2 aromatic rings. The summed E-state index contributed by atoms with van der Waals surface area (Å²) in [7, 11) is 0. The molecule has 1 amide bonds. The number of amides is 1. The smallest absolute Gasteiger partial charge is 0.271 e. The molecule has 7 nitrogen and oxygen atoms in total. The Balaban J connectivity index is 1.66. The predicted octanol–water partition coefficient (Wildman–Crippen LogP) is 2.86. The minimum Gasteiger partial charge on any atom is -0.374 e. The third kappa shape index (κ3) is 2.45. The molecule has 1 saturated heterocycles. The SMILES string of the molecule is O=C(c1c[nH]c2cc([N+](=O)[O-])ccc12)N1CCO[C@@H]2CCCC[C@@H]21. The van der Waals surface area contributed by atoms with Crippen molar-refractivity contribution in [2.75, 3.05) is 13.2 Å². The number of nitrogens with one attached hydrogen (secondary N) is 1. The Hall–Kier alpha value is -2.41. The largest absolute Gasteiger partial charge is 0.374 e. The molecule has 2 fully saturated rings. The molecule has 24 heavy (non-hydrogen) atoms. The second-order valence-corrected chi connectivity index (χ2v) is 6.45. The summed E-state index contributed by atoms with van der Waals surface area (Å²) in [5.74, 6) is -0.0182. The lowest BCUT2D eigenvalue weighted by atomic mass is 9.89. The van der Waals surface area contributed by atoms with E-state index in [1.165, 1.54) is 12.1 Å². The molecule has 2 aliphatic rings. The van der Waals surface area contributed by atoms with Gasteiger partial charge >= 0.3 is 0 Å². The fourth-order valence-corrected chi connectivity index (χ4v) is 3.91. The fraction of sp³-hybridized carbons (Fsp3) is 0.471. The van der Waals surface area contributed by atoms with E-state index in [1.54, 1.807) is 12.3 Å². The average Bonchev–Trinajstić information content (AvgIpc) is 3.03. The van der Waals surface area contributed by atoms with Crippen molar-refractivity contribution in [2.45, 2.75) is 37.8 Å². The average molecular weight is 329 g/mol. The van der Waals surface area contributed by atoms with Crippen LogP contribution in [0.1, 0.15) is 36.0 Å². The second-order valence-electron chi connectivity index (χ2n) is 6.45. The Labute approximate surface area is 138 Å². The highest BCUT2D eigenvalue weighted by atomic mass is 16.6. The molecule has 1 aliphatic heterocycles. The summed E-state index contributed by atoms with van der Waals surface area (Å²) < 4.78 is 5.83. The molecule has 0 spiro atoms. The number of ether oxygens (including phenoxy) is 1. The van der Waals surface area contributed by atoms with Crippen LogP contribution in [0.5, 0.6) is 0 Å². The van der Waals surface area contributed by atoms with Gasteiger partial charge in [0, 0.05) is 30.3 Å². The van der Waals surface area contributed by atoms with Crippen LogP contribution in [0.15, 0.2) is 24.4 Å². The summed E-state index contributed by atoms with van der Waals surface area (Å²) in [4.78, 5) is 28.4. The summed E-state index contributed by atoms with van der Waals surface area (Å²) in [6.45, 7) is 1.17. The van der Waals surface area contributed by atoms with Crippen LogP contribution in [0.25, 0.3) is 10.9 Å². The molecule has 1 N–H and O–H groups in total. The highest BCUT2D eigenvalue weighted by Crippen LogP contribution is 2.31. The lowest BCUT2D eigenvalue weighted by Crippen LogP contribution is -2.54. The third-order valence-electron chi connectivity index (χ3n) is 5.10. The number of non-ortho nitro benzene ring substituents is 1. The number of hydrogen-bond acceptors (Lipinski definition) is 4. The number of nitro benzene ring substituents is 1. The zero-order valence-electron chi connectivity index (χ0n) is 13.2. The van der Waals surface area contributed by atoms with Crippen LogP contribution in [-0.2, 0) is 4.74 Å². The van der Waals surface area contributed by atoms with Gasteiger partial charge in [0.15, 0.2) is 0 Å². The first-order valence-electron chi connectivity index (χ1n) is 8.33. The van der Waals surface area contributed by atoms with Crippen molar-refractivity contribution in [1.82, 2.24) is 9.88 Å². The van der Waals surface area contributed by atoms with Gasteiger partial charge in [-0.25, -0.2) is 0 Å². The van der Waals surface area contributed by atoms with Gasteiger partial charge in [-0.15, -0.1) is 0 Å². The van der Waals surface area contributed by atoms with Crippen LogP contribution in [-0.4, -0.2) is 46.0 Å². The van der Waals surface area contributed by atoms with Gasteiger partial charge in [-0.3, -0.25) is 14.9 Å². The number of carbonyl (C=O) groups excluding carboxylic acids is 1. The number of carbonyl (C=O) groups is 1. The first kappa shape index (κ1) is 15.1. The summed E-state index contributed by atoms with van der Waals surface area (Å²) in [6.07, 6.45) is 6.06. The van der Waals surface area contributed by atoms with E-state index in [4.69, 9.17) is 4.74 Å². The van der Waals surface area contributed by atoms with Crippen molar-refractivity contribution >= 4 is 22.5 Å². The molecular formula is C17H19N3O4. The van der Waals surface area contributed by atoms with Gasteiger partial charge in [-0.05, 0) is 18.9 Å². The van der Waals surface area contributed by atoms with Crippen LogP contribution in [0.3, 0.4) is 0 Å². The number of nitro groups is 1. The number of rotatable bonds is 2. The number of benzene rings is 1. The molecule has 126 valence electrons. The van der Waals surface area contributed by atoms with Crippen LogP contribution >= 0.6 is 0 Å². The first-order valence-corrected chi connectivity index (χ1v) is 8.33. The van der Waals surface area contributed by atoms with E-state index >= 15 is 0 Å². The molecule has 1 aromatic heterocycles. The molecular weight excluding hydrogens is 310 g/mol. The van der Waals surface area contributed by atoms with Crippen LogP contribution in [0.4, 0.5) is 5.69 Å². The molecule has 2 atom stereocenters. The van der Waals surface area contributed by atoms with Gasteiger partial charge in [-0.1, -0.05) is 12.8 Å². The van der Waals surface area contributed by atoms with Crippen LogP contribution in [0.2, 0.25) is 0 Å². The maximum absolute atomic E-state index is 13.1. The Morgan fingerprint density at radius 3 is 3.00 bits per heavy atom. The second kappa shape index (κ2) is 5.90. The Morgan fingerprint density at radius 2 is 2.17 bits per heavy atom. The summed E-state index contributed by atoms with van der Waals surface area (Å²) >= 11 is 0. The van der Waals surface area contributed by atoms with Crippen molar-refractivity contribution in [1.29, 1.82) is 0 Å². The minimum atomic E-state index is -0.434. The number of nitrogens with zero attached hydrogens (tertiary/aromatic N) is 2. The zero-order chi connectivity index (χ0) is 16.7. The first-order chi connectivity index (χ1) is 11.6. The maximum atomic E-state index is 13.1. The van der Waals surface area contributed by atoms with E-state index < -0.39 is 4.92 Å². The zero-order valence-corrected chi connectivity index (χ0v) is 13.2. The van der Waals surface area contributed by atoms with Crippen molar-refractivity contribution in [2.24, 2.45) is 0 Å². The van der Waals surface area contributed by atoms with Crippen molar-refractivity contribution in [3.05, 3.63) is 40.1 Å². The molecule has 7 heteroatoms. The van der Waals surface area contributed by atoms with E-state index in [-0.39, 0.29) is 23.7 Å². The number of morpholine rings is 1. The van der Waals surface area contributed by atoms with E-state index in [2.05, 4.69) is 4.98 Å². The number of aromatic nitrogens is 1. The highest BCUT2D eigenvalue weighted by Gasteiger charge is 2.37. The molecule has 0 radical (unpaired) electrons. The Bertz CT molecular complexity index is 798. The maximum Gasteiger partial charge on any atom is 0.271 e. The van der Waals surface area contributed by atoms with E-state index in [9.17, 15) is 14.9 Å². The topological polar surface area (TPSA) is 88.5 Å². The van der Waals surface area contributed by atoms with E-state index in [0.717, 1.165) is 31.1 Å². The molecule has 0 unspecified atom stereocenters. The van der Waals surface area contributed by atoms with Crippen LogP contribution < -0.4 is 0 Å². The standard InChI is InChI=1S/C17H19N3O4/c21-17(19-7-8-24-16-4-2-1-3-15(16)19)13-10-18-14-9-11(20(22)23)5-6-12(13)14/h5-6,9-10,15-16,18H,1-4,7-8H2/t15-,16+/m0/s1. The van der Waals surface area contributed by atoms with Crippen LogP contribution in [0, 0.1) is 10.1 Å². The van der Waals surface area contributed by atoms with Gasteiger partial charge < -0.3 is 14.6 Å². The molecule has 1 aromatic carbocycles. The highest BCUT2D eigenvalue weighted by molar-refractivity contribution is 6.07.